The van der Waals surface area contributed by atoms with Crippen LogP contribution in [0.5, 0.6) is 0 Å². The van der Waals surface area contributed by atoms with Gasteiger partial charge >= 0.3 is 0 Å². The minimum atomic E-state index is 0.566. The van der Waals surface area contributed by atoms with Crippen LogP contribution in [0.15, 0.2) is 30.7 Å². The molecule has 0 radical (unpaired) electrons. The van der Waals surface area contributed by atoms with Gasteiger partial charge in [-0.15, -0.1) is 0 Å². The van der Waals surface area contributed by atoms with Crippen molar-refractivity contribution in [1.29, 1.82) is 0 Å². The Kier molecular flexibility index (Phi) is 3.95. The van der Waals surface area contributed by atoms with Crippen molar-refractivity contribution in [3.05, 3.63) is 36.5 Å². The van der Waals surface area contributed by atoms with Crippen molar-refractivity contribution in [2.45, 2.75) is 46.1 Å². The van der Waals surface area contributed by atoms with E-state index in [0.717, 1.165) is 23.2 Å². The first-order valence-electron chi connectivity index (χ1n) is 7.88. The molecule has 0 saturated heterocycles. The van der Waals surface area contributed by atoms with Crippen LogP contribution in [0, 0.1) is 18.8 Å². The normalized spacial score (nSPS) is 25.8. The average molecular weight is 284 g/mol. The fourth-order valence-corrected chi connectivity index (χ4v) is 3.23. The number of aromatic nitrogens is 3. The number of hydrogen-bond acceptors (Lipinski definition) is 3. The van der Waals surface area contributed by atoms with Crippen LogP contribution in [0.3, 0.4) is 0 Å². The van der Waals surface area contributed by atoms with Gasteiger partial charge in [-0.05, 0) is 37.3 Å². The number of anilines is 1. The van der Waals surface area contributed by atoms with Crippen LogP contribution in [0.25, 0.3) is 5.82 Å². The van der Waals surface area contributed by atoms with Gasteiger partial charge in [0, 0.05) is 18.4 Å². The summed E-state index contributed by atoms with van der Waals surface area (Å²) in [5.74, 6) is 3.39. The summed E-state index contributed by atoms with van der Waals surface area (Å²) in [6.45, 7) is 6.71. The topological polar surface area (TPSA) is 42.7 Å². The Morgan fingerprint density at radius 2 is 2.05 bits per heavy atom. The molecule has 1 fully saturated rings. The standard InChI is InChI=1S/C17H24N4/c1-12-5-4-6-16(13(12)2)20-15-7-8-17(19-11-15)21-10-9-18-14(21)3/h7-13,16,20H,4-6H2,1-3H3. The highest BCUT2D eigenvalue weighted by molar-refractivity contribution is 5.45. The summed E-state index contributed by atoms with van der Waals surface area (Å²) in [7, 11) is 0. The van der Waals surface area contributed by atoms with Gasteiger partial charge in [0.1, 0.15) is 11.6 Å². The van der Waals surface area contributed by atoms with Gasteiger partial charge in [0.15, 0.2) is 0 Å². The van der Waals surface area contributed by atoms with Crippen molar-refractivity contribution in [3.8, 4) is 5.82 Å². The van der Waals surface area contributed by atoms with Crippen molar-refractivity contribution in [1.82, 2.24) is 14.5 Å². The van der Waals surface area contributed by atoms with E-state index >= 15 is 0 Å². The smallest absolute Gasteiger partial charge is 0.138 e. The van der Waals surface area contributed by atoms with E-state index < -0.39 is 0 Å². The Labute approximate surface area is 126 Å². The number of nitrogens with zero attached hydrogens (tertiary/aromatic N) is 3. The zero-order chi connectivity index (χ0) is 14.8. The lowest BCUT2D eigenvalue weighted by atomic mass is 9.78. The molecule has 0 spiro atoms. The van der Waals surface area contributed by atoms with E-state index in [9.17, 15) is 0 Å². The van der Waals surface area contributed by atoms with Gasteiger partial charge in [0.25, 0.3) is 0 Å². The molecule has 3 rings (SSSR count). The maximum Gasteiger partial charge on any atom is 0.138 e. The summed E-state index contributed by atoms with van der Waals surface area (Å²) >= 11 is 0. The average Bonchev–Trinajstić information content (AvgIpc) is 2.91. The Hall–Kier alpha value is -1.84. The molecular formula is C17H24N4. The van der Waals surface area contributed by atoms with Crippen molar-refractivity contribution in [2.24, 2.45) is 11.8 Å². The highest BCUT2D eigenvalue weighted by Gasteiger charge is 2.26. The van der Waals surface area contributed by atoms with Crippen molar-refractivity contribution in [2.75, 3.05) is 5.32 Å². The van der Waals surface area contributed by atoms with E-state index in [4.69, 9.17) is 0 Å². The van der Waals surface area contributed by atoms with Gasteiger partial charge in [0.05, 0.1) is 11.9 Å². The van der Waals surface area contributed by atoms with Crippen LogP contribution < -0.4 is 5.32 Å². The molecule has 0 bridgehead atoms. The first-order valence-corrected chi connectivity index (χ1v) is 7.88. The number of rotatable bonds is 3. The molecule has 1 N–H and O–H groups in total. The number of nitrogens with one attached hydrogen (secondary N) is 1. The number of aryl methyl sites for hydroxylation is 1. The molecule has 1 aliphatic carbocycles. The molecule has 2 heterocycles. The molecule has 1 saturated carbocycles. The van der Waals surface area contributed by atoms with E-state index in [1.54, 1.807) is 6.20 Å². The van der Waals surface area contributed by atoms with Crippen LogP contribution in [-0.4, -0.2) is 20.6 Å². The monoisotopic (exact) mass is 284 g/mol. The maximum absolute atomic E-state index is 4.55. The number of pyridine rings is 1. The van der Waals surface area contributed by atoms with E-state index in [1.165, 1.54) is 19.3 Å². The van der Waals surface area contributed by atoms with Crippen LogP contribution in [0.2, 0.25) is 0 Å². The molecule has 4 nitrogen and oxygen atoms in total. The molecule has 0 aliphatic heterocycles. The second kappa shape index (κ2) is 5.88. The quantitative estimate of drug-likeness (QED) is 0.932. The third-order valence-corrected chi connectivity index (χ3v) is 4.88. The van der Waals surface area contributed by atoms with Gasteiger partial charge in [-0.3, -0.25) is 4.57 Å². The minimum absolute atomic E-state index is 0.566. The molecule has 112 valence electrons. The maximum atomic E-state index is 4.55. The molecule has 1 aliphatic rings. The molecule has 0 amide bonds. The van der Waals surface area contributed by atoms with Gasteiger partial charge in [0.2, 0.25) is 0 Å². The summed E-state index contributed by atoms with van der Waals surface area (Å²) in [6, 6.07) is 4.73. The summed E-state index contributed by atoms with van der Waals surface area (Å²) in [6.07, 6.45) is 9.61. The molecule has 2 aromatic rings. The Morgan fingerprint density at radius 1 is 1.19 bits per heavy atom. The molecule has 3 unspecified atom stereocenters. The Bertz CT molecular complexity index is 587. The fraction of sp³-hybridized carbons (Fsp3) is 0.529. The third kappa shape index (κ3) is 2.94. The van der Waals surface area contributed by atoms with E-state index in [-0.39, 0.29) is 0 Å². The summed E-state index contributed by atoms with van der Waals surface area (Å²) in [4.78, 5) is 8.79. The van der Waals surface area contributed by atoms with Crippen molar-refractivity contribution in [3.63, 3.8) is 0 Å². The lowest BCUT2D eigenvalue weighted by Crippen LogP contribution is -2.35. The lowest BCUT2D eigenvalue weighted by molar-refractivity contribution is 0.253. The summed E-state index contributed by atoms with van der Waals surface area (Å²) in [5.41, 5.74) is 1.11. The second-order valence-corrected chi connectivity index (χ2v) is 6.27. The van der Waals surface area contributed by atoms with Crippen LogP contribution in [0.4, 0.5) is 5.69 Å². The van der Waals surface area contributed by atoms with Gasteiger partial charge in [-0.1, -0.05) is 26.7 Å². The molecule has 4 heteroatoms. The van der Waals surface area contributed by atoms with E-state index in [1.807, 2.05) is 30.0 Å². The predicted molar refractivity (Wildman–Crippen MR) is 85.7 cm³/mol. The molecule has 3 atom stereocenters. The largest absolute Gasteiger partial charge is 0.381 e. The Morgan fingerprint density at radius 3 is 2.71 bits per heavy atom. The fourth-order valence-electron chi connectivity index (χ4n) is 3.23. The third-order valence-electron chi connectivity index (χ3n) is 4.88. The molecular weight excluding hydrogens is 260 g/mol. The van der Waals surface area contributed by atoms with Gasteiger partial charge in [-0.25, -0.2) is 9.97 Å². The van der Waals surface area contributed by atoms with Crippen molar-refractivity contribution >= 4 is 5.69 Å². The van der Waals surface area contributed by atoms with Crippen molar-refractivity contribution < 1.29 is 0 Å². The molecule has 2 aromatic heterocycles. The minimum Gasteiger partial charge on any atom is -0.381 e. The van der Waals surface area contributed by atoms with Crippen LogP contribution >= 0.6 is 0 Å². The molecule has 0 aromatic carbocycles. The highest BCUT2D eigenvalue weighted by Crippen LogP contribution is 2.31. The van der Waals surface area contributed by atoms with E-state index in [0.29, 0.717) is 12.0 Å². The zero-order valence-electron chi connectivity index (χ0n) is 13.1. The summed E-state index contributed by atoms with van der Waals surface area (Å²) < 4.78 is 2.00. The SMILES string of the molecule is Cc1nccn1-c1ccc(NC2CCCC(C)C2C)cn1. The summed E-state index contributed by atoms with van der Waals surface area (Å²) in [5, 5.41) is 3.66. The predicted octanol–water partition coefficient (Wildman–Crippen LogP) is 3.81. The van der Waals surface area contributed by atoms with E-state index in [2.05, 4.69) is 35.2 Å². The van der Waals surface area contributed by atoms with Gasteiger partial charge < -0.3 is 5.32 Å². The Balaban J connectivity index is 1.71. The number of imidazole rings is 1. The lowest BCUT2D eigenvalue weighted by Gasteiger charge is -2.35. The van der Waals surface area contributed by atoms with Gasteiger partial charge in [-0.2, -0.15) is 0 Å². The van der Waals surface area contributed by atoms with Crippen LogP contribution in [0.1, 0.15) is 38.9 Å². The first-order chi connectivity index (χ1) is 10.1. The first kappa shape index (κ1) is 14.1. The van der Waals surface area contributed by atoms with Crippen LogP contribution in [-0.2, 0) is 0 Å². The second-order valence-electron chi connectivity index (χ2n) is 6.27. The highest BCUT2D eigenvalue weighted by atomic mass is 15.1. The zero-order valence-corrected chi connectivity index (χ0v) is 13.1. The molecule has 21 heavy (non-hydrogen) atoms. The number of hydrogen-bond donors (Lipinski definition) is 1.